The van der Waals surface area contributed by atoms with Gasteiger partial charge in [0.15, 0.2) is 0 Å². The molecule has 1 heterocycles. The van der Waals surface area contributed by atoms with Crippen LogP contribution in [0.4, 0.5) is 0 Å². The van der Waals surface area contributed by atoms with Gasteiger partial charge >= 0.3 is 0 Å². The maximum Gasteiger partial charge on any atom is 0.271 e. The van der Waals surface area contributed by atoms with E-state index in [9.17, 15) is 13.2 Å². The zero-order chi connectivity index (χ0) is 13.6. The lowest BCUT2D eigenvalue weighted by Gasteiger charge is -2.13. The number of amides is 1. The third-order valence-corrected chi connectivity index (χ3v) is 3.61. The summed E-state index contributed by atoms with van der Waals surface area (Å²) in [6.45, 7) is 0.745. The van der Waals surface area contributed by atoms with Crippen LogP contribution in [0, 0.1) is 0 Å². The summed E-state index contributed by atoms with van der Waals surface area (Å²) in [5, 5.41) is 2.64. The van der Waals surface area contributed by atoms with Crippen LogP contribution in [0.2, 0.25) is 0 Å². The second-order valence-electron chi connectivity index (χ2n) is 3.78. The molecule has 1 aromatic rings. The van der Waals surface area contributed by atoms with Crippen molar-refractivity contribution in [3.63, 3.8) is 0 Å². The predicted octanol–water partition coefficient (Wildman–Crippen LogP) is -0.512. The Morgan fingerprint density at radius 1 is 1.44 bits per heavy atom. The van der Waals surface area contributed by atoms with Crippen molar-refractivity contribution in [2.75, 3.05) is 26.4 Å². The minimum Gasteiger partial charge on any atom is -0.351 e. The Bertz CT molecular complexity index is 489. The van der Waals surface area contributed by atoms with Crippen molar-refractivity contribution in [2.45, 2.75) is 6.42 Å². The summed E-state index contributed by atoms with van der Waals surface area (Å²) in [5.74, 6) is -0.315. The Balaban J connectivity index is 2.29. The van der Waals surface area contributed by atoms with Crippen molar-refractivity contribution in [3.05, 3.63) is 24.3 Å². The SMILES string of the molecule is CN(CCCNC(=O)c1cnccn1)S(C)(=O)=O. The Morgan fingerprint density at radius 2 is 2.17 bits per heavy atom. The van der Waals surface area contributed by atoms with E-state index in [1.54, 1.807) is 0 Å². The quantitative estimate of drug-likeness (QED) is 0.704. The van der Waals surface area contributed by atoms with Gasteiger partial charge in [0.25, 0.3) is 5.91 Å². The van der Waals surface area contributed by atoms with Crippen LogP contribution < -0.4 is 5.32 Å². The van der Waals surface area contributed by atoms with Crippen molar-refractivity contribution in [1.82, 2.24) is 19.6 Å². The van der Waals surface area contributed by atoms with Gasteiger partial charge in [-0.05, 0) is 6.42 Å². The average molecular weight is 272 g/mol. The molecule has 100 valence electrons. The van der Waals surface area contributed by atoms with Crippen molar-refractivity contribution in [2.24, 2.45) is 0 Å². The van der Waals surface area contributed by atoms with E-state index < -0.39 is 10.0 Å². The van der Waals surface area contributed by atoms with E-state index in [1.165, 1.54) is 29.9 Å². The van der Waals surface area contributed by atoms with Gasteiger partial charge in [-0.3, -0.25) is 9.78 Å². The second-order valence-corrected chi connectivity index (χ2v) is 5.87. The van der Waals surface area contributed by atoms with Crippen LogP contribution in [0.3, 0.4) is 0 Å². The molecule has 0 bridgehead atoms. The van der Waals surface area contributed by atoms with Gasteiger partial charge in [-0.2, -0.15) is 0 Å². The maximum atomic E-state index is 11.5. The number of hydrogen-bond acceptors (Lipinski definition) is 5. The van der Waals surface area contributed by atoms with Crippen LogP contribution in [0.5, 0.6) is 0 Å². The third-order valence-electron chi connectivity index (χ3n) is 2.30. The fraction of sp³-hybridized carbons (Fsp3) is 0.500. The molecule has 18 heavy (non-hydrogen) atoms. The lowest BCUT2D eigenvalue weighted by atomic mass is 10.4. The van der Waals surface area contributed by atoms with Crippen molar-refractivity contribution in [3.8, 4) is 0 Å². The fourth-order valence-electron chi connectivity index (χ4n) is 1.18. The lowest BCUT2D eigenvalue weighted by molar-refractivity contribution is 0.0947. The molecule has 0 saturated heterocycles. The summed E-state index contributed by atoms with van der Waals surface area (Å²) in [5.41, 5.74) is 0.244. The number of rotatable bonds is 6. The average Bonchev–Trinajstić information content (AvgIpc) is 2.34. The summed E-state index contributed by atoms with van der Waals surface area (Å²) in [6, 6.07) is 0. The summed E-state index contributed by atoms with van der Waals surface area (Å²) in [4.78, 5) is 19.2. The van der Waals surface area contributed by atoms with Crippen LogP contribution in [-0.4, -0.2) is 55.0 Å². The van der Waals surface area contributed by atoms with Gasteiger partial charge in [-0.25, -0.2) is 17.7 Å². The molecule has 1 amide bonds. The van der Waals surface area contributed by atoms with E-state index in [-0.39, 0.29) is 11.6 Å². The highest BCUT2D eigenvalue weighted by Gasteiger charge is 2.10. The van der Waals surface area contributed by atoms with E-state index in [0.717, 1.165) is 6.26 Å². The minimum absolute atomic E-state index is 0.244. The topological polar surface area (TPSA) is 92.3 Å². The highest BCUT2D eigenvalue weighted by Crippen LogP contribution is 1.95. The Morgan fingerprint density at radius 3 is 2.72 bits per heavy atom. The van der Waals surface area contributed by atoms with Crippen LogP contribution in [0.15, 0.2) is 18.6 Å². The number of carbonyl (C=O) groups excluding carboxylic acids is 1. The molecular formula is C10H16N4O3S. The van der Waals surface area contributed by atoms with Crippen LogP contribution in [0.1, 0.15) is 16.9 Å². The first-order chi connectivity index (χ1) is 8.41. The normalized spacial score (nSPS) is 11.5. The molecule has 1 N–H and O–H groups in total. The van der Waals surface area contributed by atoms with Gasteiger partial charge in [-0.15, -0.1) is 0 Å². The second kappa shape index (κ2) is 6.41. The van der Waals surface area contributed by atoms with E-state index in [0.29, 0.717) is 19.5 Å². The van der Waals surface area contributed by atoms with Gasteiger partial charge in [-0.1, -0.05) is 0 Å². The zero-order valence-corrected chi connectivity index (χ0v) is 11.1. The number of carbonyl (C=O) groups is 1. The number of nitrogens with zero attached hydrogens (tertiary/aromatic N) is 3. The summed E-state index contributed by atoms with van der Waals surface area (Å²) in [6.07, 6.45) is 5.98. The predicted molar refractivity (Wildman–Crippen MR) is 66.5 cm³/mol. The molecule has 0 radical (unpaired) electrons. The smallest absolute Gasteiger partial charge is 0.271 e. The lowest BCUT2D eigenvalue weighted by Crippen LogP contribution is -2.31. The van der Waals surface area contributed by atoms with Crippen molar-refractivity contribution in [1.29, 1.82) is 0 Å². The monoisotopic (exact) mass is 272 g/mol. The Labute approximate surface area is 106 Å². The standard InChI is InChI=1S/C10H16N4O3S/c1-14(18(2,16)17)7-3-4-13-10(15)9-8-11-5-6-12-9/h5-6,8H,3-4,7H2,1-2H3,(H,13,15). The summed E-state index contributed by atoms with van der Waals surface area (Å²) in [7, 11) is -1.66. The molecule has 0 aliphatic rings. The van der Waals surface area contributed by atoms with Crippen LogP contribution >= 0.6 is 0 Å². The van der Waals surface area contributed by atoms with Crippen molar-refractivity contribution < 1.29 is 13.2 Å². The molecular weight excluding hydrogens is 256 g/mol. The molecule has 0 aliphatic heterocycles. The zero-order valence-electron chi connectivity index (χ0n) is 10.3. The number of aromatic nitrogens is 2. The van der Waals surface area contributed by atoms with Gasteiger partial charge < -0.3 is 5.32 Å². The molecule has 0 unspecified atom stereocenters. The first-order valence-corrected chi connectivity index (χ1v) is 7.21. The molecule has 7 nitrogen and oxygen atoms in total. The number of sulfonamides is 1. The molecule has 0 aromatic carbocycles. The molecule has 8 heteroatoms. The van der Waals surface area contributed by atoms with E-state index >= 15 is 0 Å². The molecule has 0 fully saturated rings. The van der Waals surface area contributed by atoms with Crippen LogP contribution in [-0.2, 0) is 10.0 Å². The third kappa shape index (κ3) is 4.76. The molecule has 0 aliphatic carbocycles. The Hall–Kier alpha value is -1.54. The Kier molecular flexibility index (Phi) is 5.17. The first-order valence-electron chi connectivity index (χ1n) is 5.37. The largest absolute Gasteiger partial charge is 0.351 e. The number of hydrogen-bond donors (Lipinski definition) is 1. The molecule has 1 aromatic heterocycles. The highest BCUT2D eigenvalue weighted by molar-refractivity contribution is 7.88. The summed E-state index contributed by atoms with van der Waals surface area (Å²) >= 11 is 0. The van der Waals surface area contributed by atoms with Gasteiger partial charge in [0.1, 0.15) is 5.69 Å². The van der Waals surface area contributed by atoms with Gasteiger partial charge in [0, 0.05) is 32.5 Å². The maximum absolute atomic E-state index is 11.5. The highest BCUT2D eigenvalue weighted by atomic mass is 32.2. The first kappa shape index (κ1) is 14.5. The van der Waals surface area contributed by atoms with Crippen LogP contribution in [0.25, 0.3) is 0 Å². The van der Waals surface area contributed by atoms with E-state index in [1.807, 2.05) is 0 Å². The van der Waals surface area contributed by atoms with E-state index in [4.69, 9.17) is 0 Å². The minimum atomic E-state index is -3.16. The molecule has 0 spiro atoms. The number of nitrogens with one attached hydrogen (secondary N) is 1. The van der Waals surface area contributed by atoms with Gasteiger partial charge in [0.2, 0.25) is 10.0 Å². The van der Waals surface area contributed by atoms with Gasteiger partial charge in [0.05, 0.1) is 12.5 Å². The molecule has 1 rings (SSSR count). The fourth-order valence-corrected chi connectivity index (χ4v) is 1.64. The van der Waals surface area contributed by atoms with Crippen molar-refractivity contribution >= 4 is 15.9 Å². The van der Waals surface area contributed by atoms with E-state index in [2.05, 4.69) is 15.3 Å². The molecule has 0 atom stereocenters. The molecule has 0 saturated carbocycles. The summed E-state index contributed by atoms with van der Waals surface area (Å²) < 4.78 is 23.4.